The molecule has 10 heteroatoms. The Morgan fingerprint density at radius 3 is 2.52 bits per heavy atom. The van der Waals surface area contributed by atoms with Crippen molar-refractivity contribution in [1.29, 1.82) is 0 Å². The summed E-state index contributed by atoms with van der Waals surface area (Å²) in [5, 5.41) is 21.3. The molecule has 0 fully saturated rings. The largest absolute Gasteiger partial charge is 0.403 e. The van der Waals surface area contributed by atoms with Crippen LogP contribution in [0.5, 0.6) is 0 Å². The number of aromatic nitrogens is 2. The Labute approximate surface area is 150 Å². The molecule has 0 atom stereocenters. The molecule has 0 spiro atoms. The number of carbonyl (C=O) groups excluding carboxylic acids is 1. The molecule has 0 aliphatic heterocycles. The molecule has 1 aromatic heterocycles. The molecule has 1 heterocycles. The lowest BCUT2D eigenvalue weighted by molar-refractivity contribution is -0.384. The highest BCUT2D eigenvalue weighted by Gasteiger charge is 2.18. The van der Waals surface area contributed by atoms with E-state index in [-0.39, 0.29) is 28.2 Å². The number of amides is 1. The van der Waals surface area contributed by atoms with Crippen LogP contribution in [0.15, 0.2) is 46.9 Å². The second-order valence-electron chi connectivity index (χ2n) is 4.79. The standard InChI is InChI=1S/C15H8Cl2N4O4/c16-9-3-1-8(2-4-9)14-19-20-15(25-14)18-13(22)11-7-10(21(23)24)5-6-12(11)17/h1-7H,(H,18,20,22). The zero-order chi connectivity index (χ0) is 18.0. The van der Waals surface area contributed by atoms with Gasteiger partial charge in [-0.25, -0.2) is 0 Å². The van der Waals surface area contributed by atoms with Crippen LogP contribution in [0.4, 0.5) is 11.7 Å². The second kappa shape index (κ2) is 6.88. The van der Waals surface area contributed by atoms with Gasteiger partial charge in [0.2, 0.25) is 5.89 Å². The van der Waals surface area contributed by atoms with Gasteiger partial charge >= 0.3 is 6.01 Å². The van der Waals surface area contributed by atoms with E-state index in [1.807, 2.05) is 0 Å². The van der Waals surface area contributed by atoms with Gasteiger partial charge in [-0.1, -0.05) is 28.3 Å². The van der Waals surface area contributed by atoms with Crippen LogP contribution in [-0.4, -0.2) is 21.0 Å². The summed E-state index contributed by atoms with van der Waals surface area (Å²) in [6.07, 6.45) is 0. The highest BCUT2D eigenvalue weighted by atomic mass is 35.5. The van der Waals surface area contributed by atoms with Crippen molar-refractivity contribution >= 4 is 40.8 Å². The predicted octanol–water partition coefficient (Wildman–Crippen LogP) is 4.20. The summed E-state index contributed by atoms with van der Waals surface area (Å²) in [7, 11) is 0. The molecule has 0 aliphatic carbocycles. The topological polar surface area (TPSA) is 111 Å². The Balaban J connectivity index is 1.81. The summed E-state index contributed by atoms with van der Waals surface area (Å²) in [5.41, 5.74) is 0.273. The third kappa shape index (κ3) is 3.76. The van der Waals surface area contributed by atoms with E-state index in [9.17, 15) is 14.9 Å². The Kier molecular flexibility index (Phi) is 4.64. The fourth-order valence-electron chi connectivity index (χ4n) is 1.95. The Bertz CT molecular complexity index is 956. The number of nitro benzene ring substituents is 1. The van der Waals surface area contributed by atoms with Crippen LogP contribution in [0, 0.1) is 10.1 Å². The van der Waals surface area contributed by atoms with E-state index < -0.39 is 10.8 Å². The van der Waals surface area contributed by atoms with Crippen LogP contribution in [0.3, 0.4) is 0 Å². The maximum atomic E-state index is 12.2. The van der Waals surface area contributed by atoms with E-state index in [0.29, 0.717) is 10.6 Å². The molecule has 25 heavy (non-hydrogen) atoms. The molecule has 0 radical (unpaired) electrons. The van der Waals surface area contributed by atoms with Crippen molar-refractivity contribution in [3.63, 3.8) is 0 Å². The maximum absolute atomic E-state index is 12.2. The summed E-state index contributed by atoms with van der Waals surface area (Å²) in [6.45, 7) is 0. The third-order valence-electron chi connectivity index (χ3n) is 3.14. The lowest BCUT2D eigenvalue weighted by atomic mass is 10.2. The first-order valence-electron chi connectivity index (χ1n) is 6.79. The lowest BCUT2D eigenvalue weighted by Crippen LogP contribution is -2.13. The van der Waals surface area contributed by atoms with Crippen molar-refractivity contribution in [2.45, 2.75) is 0 Å². The zero-order valence-corrected chi connectivity index (χ0v) is 13.8. The first kappa shape index (κ1) is 16.9. The Hall–Kier alpha value is -2.97. The number of nitrogens with one attached hydrogen (secondary N) is 1. The summed E-state index contributed by atoms with van der Waals surface area (Å²) >= 11 is 11.7. The average molecular weight is 379 g/mol. The quantitative estimate of drug-likeness (QED) is 0.537. The fourth-order valence-corrected chi connectivity index (χ4v) is 2.28. The highest BCUT2D eigenvalue weighted by Crippen LogP contribution is 2.25. The van der Waals surface area contributed by atoms with E-state index >= 15 is 0 Å². The van der Waals surface area contributed by atoms with Crippen molar-refractivity contribution in [3.05, 3.63) is 68.2 Å². The minimum absolute atomic E-state index is 0.0561. The maximum Gasteiger partial charge on any atom is 0.322 e. The molecule has 0 saturated heterocycles. The monoisotopic (exact) mass is 378 g/mol. The molecule has 2 aromatic carbocycles. The van der Waals surface area contributed by atoms with Gasteiger partial charge in [0, 0.05) is 22.7 Å². The number of anilines is 1. The number of benzene rings is 2. The van der Waals surface area contributed by atoms with Gasteiger partial charge in [-0.15, -0.1) is 5.10 Å². The zero-order valence-electron chi connectivity index (χ0n) is 12.3. The predicted molar refractivity (Wildman–Crippen MR) is 90.8 cm³/mol. The van der Waals surface area contributed by atoms with Gasteiger partial charge in [0.15, 0.2) is 0 Å². The normalized spacial score (nSPS) is 10.5. The minimum Gasteiger partial charge on any atom is -0.403 e. The molecule has 8 nitrogen and oxygen atoms in total. The summed E-state index contributed by atoms with van der Waals surface area (Å²) in [5.74, 6) is -0.530. The SMILES string of the molecule is O=C(Nc1nnc(-c2ccc(Cl)cc2)o1)c1cc([N+](=O)[O-])ccc1Cl. The van der Waals surface area contributed by atoms with Crippen LogP contribution in [0.1, 0.15) is 10.4 Å². The Morgan fingerprint density at radius 2 is 1.84 bits per heavy atom. The molecule has 0 unspecified atom stereocenters. The first-order chi connectivity index (χ1) is 11.9. The van der Waals surface area contributed by atoms with Gasteiger partial charge in [0.1, 0.15) is 0 Å². The molecule has 0 aliphatic rings. The summed E-state index contributed by atoms with van der Waals surface area (Å²) < 4.78 is 5.35. The van der Waals surface area contributed by atoms with Crippen molar-refractivity contribution in [3.8, 4) is 11.5 Å². The molecule has 3 rings (SSSR count). The molecular weight excluding hydrogens is 371 g/mol. The summed E-state index contributed by atoms with van der Waals surface area (Å²) in [6, 6.07) is 10.0. The number of hydrogen-bond donors (Lipinski definition) is 1. The van der Waals surface area contributed by atoms with E-state index in [4.69, 9.17) is 27.6 Å². The molecule has 0 saturated carbocycles. The van der Waals surface area contributed by atoms with Gasteiger partial charge in [0.05, 0.1) is 15.5 Å². The smallest absolute Gasteiger partial charge is 0.322 e. The van der Waals surface area contributed by atoms with Crippen LogP contribution >= 0.6 is 23.2 Å². The van der Waals surface area contributed by atoms with Gasteiger partial charge in [-0.2, -0.15) is 0 Å². The average Bonchev–Trinajstić information content (AvgIpc) is 3.04. The minimum atomic E-state index is -0.708. The van der Waals surface area contributed by atoms with E-state index in [0.717, 1.165) is 6.07 Å². The fraction of sp³-hybridized carbons (Fsp3) is 0. The number of nitrogens with zero attached hydrogens (tertiary/aromatic N) is 3. The number of non-ortho nitro benzene ring substituents is 1. The molecule has 126 valence electrons. The van der Waals surface area contributed by atoms with Gasteiger partial charge in [-0.3, -0.25) is 20.2 Å². The number of rotatable bonds is 4. The Morgan fingerprint density at radius 1 is 1.12 bits per heavy atom. The third-order valence-corrected chi connectivity index (χ3v) is 3.72. The number of hydrogen-bond acceptors (Lipinski definition) is 6. The van der Waals surface area contributed by atoms with Crippen molar-refractivity contribution in [1.82, 2.24) is 10.2 Å². The number of halogens is 2. The van der Waals surface area contributed by atoms with Crippen LogP contribution in [0.25, 0.3) is 11.5 Å². The molecular formula is C15H8Cl2N4O4. The lowest BCUT2D eigenvalue weighted by Gasteiger charge is -2.03. The van der Waals surface area contributed by atoms with Crippen molar-refractivity contribution in [2.75, 3.05) is 5.32 Å². The van der Waals surface area contributed by atoms with Crippen LogP contribution in [0.2, 0.25) is 10.0 Å². The first-order valence-corrected chi connectivity index (χ1v) is 7.54. The molecule has 1 amide bonds. The molecule has 1 N–H and O–H groups in total. The highest BCUT2D eigenvalue weighted by molar-refractivity contribution is 6.34. The summed E-state index contributed by atoms with van der Waals surface area (Å²) in [4.78, 5) is 22.4. The van der Waals surface area contributed by atoms with Gasteiger partial charge in [-0.05, 0) is 30.3 Å². The van der Waals surface area contributed by atoms with E-state index in [1.54, 1.807) is 24.3 Å². The number of carbonyl (C=O) groups is 1. The molecule has 0 bridgehead atoms. The second-order valence-corrected chi connectivity index (χ2v) is 5.64. The van der Waals surface area contributed by atoms with Crippen LogP contribution < -0.4 is 5.32 Å². The van der Waals surface area contributed by atoms with E-state index in [1.165, 1.54) is 12.1 Å². The van der Waals surface area contributed by atoms with Gasteiger partial charge in [0.25, 0.3) is 11.6 Å². The molecule has 3 aromatic rings. The number of nitro groups is 1. The van der Waals surface area contributed by atoms with Crippen LogP contribution in [-0.2, 0) is 0 Å². The van der Waals surface area contributed by atoms with Gasteiger partial charge < -0.3 is 4.42 Å². The van der Waals surface area contributed by atoms with Crippen molar-refractivity contribution < 1.29 is 14.1 Å². The van der Waals surface area contributed by atoms with Crippen molar-refractivity contribution in [2.24, 2.45) is 0 Å². The van der Waals surface area contributed by atoms with E-state index in [2.05, 4.69) is 15.5 Å².